The van der Waals surface area contributed by atoms with Gasteiger partial charge in [-0.3, -0.25) is 4.79 Å². The molecule has 0 aliphatic rings. The number of para-hydroxylation sites is 1. The Hall–Kier alpha value is -3.60. The normalized spacial score (nSPS) is 11.1. The number of hydrogen-bond acceptors (Lipinski definition) is 4. The predicted molar refractivity (Wildman–Crippen MR) is 124 cm³/mol. The molecular weight excluding hydrogens is 388 g/mol. The molecule has 0 amide bonds. The van der Waals surface area contributed by atoms with Gasteiger partial charge in [0.05, 0.1) is 18.0 Å². The number of nitrogens with zero attached hydrogens (tertiary/aromatic N) is 1. The maximum Gasteiger partial charge on any atom is 0.259 e. The highest BCUT2D eigenvalue weighted by Gasteiger charge is 2.13. The van der Waals surface area contributed by atoms with Crippen molar-refractivity contribution in [1.29, 1.82) is 0 Å². The number of nitrogens with one attached hydrogen (secondary N) is 1. The smallest absolute Gasteiger partial charge is 0.259 e. The second-order valence-electron chi connectivity index (χ2n) is 7.94. The van der Waals surface area contributed by atoms with E-state index in [9.17, 15) is 4.79 Å². The maximum atomic E-state index is 12.5. The lowest BCUT2D eigenvalue weighted by Crippen LogP contribution is -2.09. The number of rotatable bonds is 6. The molecule has 0 atom stereocenters. The molecule has 0 aliphatic heterocycles. The molecule has 158 valence electrons. The molecule has 0 spiro atoms. The largest absolute Gasteiger partial charge is 0.496 e. The second kappa shape index (κ2) is 8.64. The first kappa shape index (κ1) is 20.7. The van der Waals surface area contributed by atoms with Crippen LogP contribution in [-0.2, 0) is 6.61 Å². The van der Waals surface area contributed by atoms with E-state index in [1.165, 1.54) is 5.56 Å². The summed E-state index contributed by atoms with van der Waals surface area (Å²) in [4.78, 5) is 20.0. The average molecular weight is 415 g/mol. The van der Waals surface area contributed by atoms with Crippen LogP contribution in [0.2, 0.25) is 0 Å². The van der Waals surface area contributed by atoms with Crippen LogP contribution in [0.15, 0.2) is 65.5 Å². The van der Waals surface area contributed by atoms with Crippen LogP contribution < -0.4 is 15.0 Å². The van der Waals surface area contributed by atoms with Crippen molar-refractivity contribution in [3.8, 4) is 22.9 Å². The summed E-state index contributed by atoms with van der Waals surface area (Å²) in [5.74, 6) is 2.48. The Kier molecular flexibility index (Phi) is 5.76. The summed E-state index contributed by atoms with van der Waals surface area (Å²) in [6.45, 7) is 6.71. The van der Waals surface area contributed by atoms with Gasteiger partial charge in [-0.2, -0.15) is 0 Å². The summed E-state index contributed by atoms with van der Waals surface area (Å²) in [5, 5.41) is 0.573. The highest BCUT2D eigenvalue weighted by molar-refractivity contribution is 5.79. The highest BCUT2D eigenvalue weighted by atomic mass is 16.5. The van der Waals surface area contributed by atoms with E-state index in [1.54, 1.807) is 13.2 Å². The van der Waals surface area contributed by atoms with Crippen LogP contribution in [0.4, 0.5) is 0 Å². The summed E-state index contributed by atoms with van der Waals surface area (Å²) in [7, 11) is 1.64. The van der Waals surface area contributed by atoms with Gasteiger partial charge in [-0.05, 0) is 60.4 Å². The molecule has 1 aromatic heterocycles. The van der Waals surface area contributed by atoms with Crippen LogP contribution in [0, 0.1) is 6.92 Å². The molecule has 0 saturated heterocycles. The SMILES string of the molecule is COc1ccc(-c2nc3ccccc3c(=O)[nH]2)cc1COc1cc(C)ccc1C(C)C. The Bertz CT molecular complexity index is 1290. The Labute approximate surface area is 181 Å². The molecule has 4 aromatic rings. The van der Waals surface area contributed by atoms with Gasteiger partial charge in [0, 0.05) is 11.1 Å². The lowest BCUT2D eigenvalue weighted by Gasteiger charge is -2.16. The Morgan fingerprint density at radius 3 is 2.58 bits per heavy atom. The topological polar surface area (TPSA) is 64.2 Å². The molecule has 4 rings (SSSR count). The fraction of sp³-hybridized carbons (Fsp3) is 0.231. The first-order valence-electron chi connectivity index (χ1n) is 10.4. The molecule has 0 bridgehead atoms. The van der Waals surface area contributed by atoms with Crippen molar-refractivity contribution in [3.63, 3.8) is 0 Å². The number of hydrogen-bond donors (Lipinski definition) is 1. The molecule has 3 aromatic carbocycles. The minimum atomic E-state index is -0.157. The average Bonchev–Trinajstić information content (AvgIpc) is 2.77. The van der Waals surface area contributed by atoms with Crippen molar-refractivity contribution in [1.82, 2.24) is 9.97 Å². The third-order valence-corrected chi connectivity index (χ3v) is 5.34. The maximum absolute atomic E-state index is 12.5. The molecule has 0 saturated carbocycles. The lowest BCUT2D eigenvalue weighted by atomic mass is 10.0. The van der Waals surface area contributed by atoms with E-state index >= 15 is 0 Å². The van der Waals surface area contributed by atoms with E-state index in [0.29, 0.717) is 29.3 Å². The highest BCUT2D eigenvalue weighted by Crippen LogP contribution is 2.30. The second-order valence-corrected chi connectivity index (χ2v) is 7.94. The molecule has 1 heterocycles. The van der Waals surface area contributed by atoms with Crippen LogP contribution in [0.1, 0.15) is 36.5 Å². The number of aromatic amines is 1. The van der Waals surface area contributed by atoms with Gasteiger partial charge in [0.2, 0.25) is 0 Å². The number of aromatic nitrogens is 2. The number of aryl methyl sites for hydroxylation is 1. The van der Waals surface area contributed by atoms with Gasteiger partial charge in [-0.25, -0.2) is 4.98 Å². The zero-order valence-electron chi connectivity index (χ0n) is 18.2. The minimum Gasteiger partial charge on any atom is -0.496 e. The van der Waals surface area contributed by atoms with Crippen LogP contribution in [0.5, 0.6) is 11.5 Å². The Morgan fingerprint density at radius 2 is 1.81 bits per heavy atom. The predicted octanol–water partition coefficient (Wildman–Crippen LogP) is 5.61. The zero-order valence-corrected chi connectivity index (χ0v) is 18.2. The molecule has 5 nitrogen and oxygen atoms in total. The van der Waals surface area contributed by atoms with Gasteiger partial charge in [0.25, 0.3) is 5.56 Å². The molecular formula is C26H26N2O3. The monoisotopic (exact) mass is 414 g/mol. The quantitative estimate of drug-likeness (QED) is 0.445. The summed E-state index contributed by atoms with van der Waals surface area (Å²) in [6, 6.07) is 19.3. The van der Waals surface area contributed by atoms with Gasteiger partial charge in [-0.1, -0.05) is 38.1 Å². The number of ether oxygens (including phenoxy) is 2. The third-order valence-electron chi connectivity index (χ3n) is 5.34. The first-order chi connectivity index (χ1) is 15.0. The van der Waals surface area contributed by atoms with E-state index in [-0.39, 0.29) is 5.56 Å². The summed E-state index contributed by atoms with van der Waals surface area (Å²) >= 11 is 0. The fourth-order valence-electron chi connectivity index (χ4n) is 3.66. The van der Waals surface area contributed by atoms with Crippen molar-refractivity contribution in [2.24, 2.45) is 0 Å². The number of benzene rings is 3. The van der Waals surface area contributed by atoms with Gasteiger partial charge in [0.1, 0.15) is 23.9 Å². The van der Waals surface area contributed by atoms with Crippen LogP contribution in [0.3, 0.4) is 0 Å². The van der Waals surface area contributed by atoms with Gasteiger partial charge in [-0.15, -0.1) is 0 Å². The van der Waals surface area contributed by atoms with E-state index in [0.717, 1.165) is 28.2 Å². The summed E-state index contributed by atoms with van der Waals surface area (Å²) in [6.07, 6.45) is 0. The van der Waals surface area contributed by atoms with Gasteiger partial charge >= 0.3 is 0 Å². The van der Waals surface area contributed by atoms with Crippen LogP contribution in [0.25, 0.3) is 22.3 Å². The molecule has 1 N–H and O–H groups in total. The zero-order chi connectivity index (χ0) is 22.0. The Morgan fingerprint density at radius 1 is 1.00 bits per heavy atom. The number of fused-ring (bicyclic) bond motifs is 1. The number of methoxy groups -OCH3 is 1. The molecule has 0 aliphatic carbocycles. The molecule has 0 fully saturated rings. The molecule has 5 heteroatoms. The van der Waals surface area contributed by atoms with Gasteiger partial charge in [0.15, 0.2) is 0 Å². The first-order valence-corrected chi connectivity index (χ1v) is 10.4. The van der Waals surface area contributed by atoms with E-state index in [1.807, 2.05) is 36.4 Å². The standard InChI is InChI=1S/C26H26N2O3/c1-16(2)20-11-9-17(3)13-24(20)31-15-19-14-18(10-12-23(19)30-4)25-27-22-8-6-5-7-21(22)26(29)28-25/h5-14,16H,15H2,1-4H3,(H,27,28,29). The minimum absolute atomic E-state index is 0.157. The Balaban J connectivity index is 1.70. The van der Waals surface area contributed by atoms with Crippen molar-refractivity contribution in [2.75, 3.05) is 7.11 Å². The summed E-state index contributed by atoms with van der Waals surface area (Å²) < 4.78 is 11.8. The van der Waals surface area contributed by atoms with E-state index < -0.39 is 0 Å². The van der Waals surface area contributed by atoms with Crippen LogP contribution in [-0.4, -0.2) is 17.1 Å². The van der Waals surface area contributed by atoms with Crippen LogP contribution >= 0.6 is 0 Å². The van der Waals surface area contributed by atoms with Crippen molar-refractivity contribution in [2.45, 2.75) is 33.3 Å². The fourth-order valence-corrected chi connectivity index (χ4v) is 3.66. The summed E-state index contributed by atoms with van der Waals surface area (Å²) in [5.41, 5.74) is 4.51. The molecule has 0 radical (unpaired) electrons. The van der Waals surface area contributed by atoms with Gasteiger partial charge < -0.3 is 14.5 Å². The van der Waals surface area contributed by atoms with E-state index in [4.69, 9.17) is 9.47 Å². The third kappa shape index (κ3) is 4.31. The number of H-pyrrole nitrogens is 1. The lowest BCUT2D eigenvalue weighted by molar-refractivity contribution is 0.292. The van der Waals surface area contributed by atoms with Crippen molar-refractivity contribution >= 4 is 10.9 Å². The van der Waals surface area contributed by atoms with E-state index in [2.05, 4.69) is 48.9 Å². The molecule has 0 unspecified atom stereocenters. The van der Waals surface area contributed by atoms with Crippen molar-refractivity contribution in [3.05, 3.63) is 87.7 Å². The molecule has 31 heavy (non-hydrogen) atoms. The van der Waals surface area contributed by atoms with Crippen molar-refractivity contribution < 1.29 is 9.47 Å².